The second-order valence-electron chi connectivity index (χ2n) is 6.74. The fourth-order valence-electron chi connectivity index (χ4n) is 4.48. The van der Waals surface area contributed by atoms with Gasteiger partial charge >= 0.3 is 6.09 Å². The van der Waals surface area contributed by atoms with Crippen molar-refractivity contribution < 1.29 is 24.5 Å². The molecule has 0 radical (unpaired) electrons. The van der Waals surface area contributed by atoms with Gasteiger partial charge in [-0.1, -0.05) is 0 Å². The van der Waals surface area contributed by atoms with Crippen molar-refractivity contribution in [1.82, 2.24) is 0 Å². The highest BCUT2D eigenvalue weighted by atomic mass is 16.6. The monoisotopic (exact) mass is 349 g/mol. The molecule has 1 saturated heterocycles. The van der Waals surface area contributed by atoms with E-state index in [9.17, 15) is 30.1 Å². The molecule has 2 saturated carbocycles. The van der Waals surface area contributed by atoms with Gasteiger partial charge in [0.25, 0.3) is 11.4 Å². The van der Waals surface area contributed by atoms with Gasteiger partial charge in [-0.2, -0.15) is 0 Å². The van der Waals surface area contributed by atoms with Crippen molar-refractivity contribution in [2.24, 2.45) is 11.8 Å². The Balaban J connectivity index is 1.78. The number of hydrogen-bond donors (Lipinski definition) is 1. The van der Waals surface area contributed by atoms with Gasteiger partial charge in [0.05, 0.1) is 33.8 Å². The zero-order valence-corrected chi connectivity index (χ0v) is 13.0. The average molecular weight is 349 g/mol. The largest absolute Gasteiger partial charge is 0.465 e. The quantitative estimate of drug-likeness (QED) is 0.500. The number of rotatable bonds is 4. The van der Waals surface area contributed by atoms with Gasteiger partial charge in [0.2, 0.25) is 0 Å². The Bertz CT molecular complexity index is 750. The number of nitro groups is 2. The van der Waals surface area contributed by atoms with Gasteiger partial charge in [0.15, 0.2) is 0 Å². The number of carboxylic acid groups (broad SMARTS) is 1. The highest BCUT2D eigenvalue weighted by Gasteiger charge is 2.60. The van der Waals surface area contributed by atoms with Crippen LogP contribution in [0.15, 0.2) is 18.2 Å². The molecule has 1 aromatic carbocycles. The molecule has 1 amide bonds. The fourth-order valence-corrected chi connectivity index (χ4v) is 4.48. The molecular weight excluding hydrogens is 334 g/mol. The number of anilines is 1. The van der Waals surface area contributed by atoms with Crippen LogP contribution >= 0.6 is 0 Å². The molecule has 10 heteroatoms. The van der Waals surface area contributed by atoms with Crippen LogP contribution < -0.4 is 4.90 Å². The lowest BCUT2D eigenvalue weighted by molar-refractivity contribution is -0.394. The molecule has 1 N–H and O–H groups in total. The van der Waals surface area contributed by atoms with Gasteiger partial charge in [-0.05, 0) is 25.2 Å². The van der Waals surface area contributed by atoms with Crippen molar-refractivity contribution >= 4 is 23.2 Å². The number of ether oxygens (including phenoxy) is 1. The van der Waals surface area contributed by atoms with Gasteiger partial charge in [-0.25, -0.2) is 4.79 Å². The van der Waals surface area contributed by atoms with Crippen LogP contribution in [0.3, 0.4) is 0 Å². The third-order valence-electron chi connectivity index (χ3n) is 5.46. The van der Waals surface area contributed by atoms with Crippen LogP contribution in [0.2, 0.25) is 0 Å². The molecule has 5 unspecified atom stereocenters. The van der Waals surface area contributed by atoms with E-state index in [0.29, 0.717) is 0 Å². The van der Waals surface area contributed by atoms with Gasteiger partial charge in [0, 0.05) is 24.1 Å². The number of nitro benzene ring substituents is 2. The number of carbonyl (C=O) groups is 1. The summed E-state index contributed by atoms with van der Waals surface area (Å²) in [5, 5.41) is 31.9. The summed E-state index contributed by atoms with van der Waals surface area (Å²) in [6.45, 7) is 0. The zero-order valence-electron chi connectivity index (χ0n) is 13.0. The van der Waals surface area contributed by atoms with Crippen LogP contribution in [0.5, 0.6) is 0 Å². The van der Waals surface area contributed by atoms with E-state index >= 15 is 0 Å². The summed E-state index contributed by atoms with van der Waals surface area (Å²) in [6, 6.07) is 2.63. The molecule has 1 heterocycles. The van der Waals surface area contributed by atoms with E-state index < -0.39 is 27.3 Å². The van der Waals surface area contributed by atoms with Crippen LogP contribution in [0.1, 0.15) is 19.3 Å². The van der Waals surface area contributed by atoms with Crippen LogP contribution in [-0.4, -0.2) is 39.3 Å². The number of amides is 1. The maximum absolute atomic E-state index is 11.9. The van der Waals surface area contributed by atoms with Crippen LogP contribution in [0.4, 0.5) is 21.9 Å². The van der Waals surface area contributed by atoms with E-state index in [0.717, 1.165) is 42.4 Å². The third-order valence-corrected chi connectivity index (χ3v) is 5.46. The second-order valence-corrected chi connectivity index (χ2v) is 6.74. The predicted octanol–water partition coefficient (Wildman–Crippen LogP) is 2.55. The zero-order chi connectivity index (χ0) is 17.9. The Morgan fingerprint density at radius 2 is 1.80 bits per heavy atom. The first kappa shape index (κ1) is 15.8. The van der Waals surface area contributed by atoms with Crippen molar-refractivity contribution in [2.45, 2.75) is 37.5 Å². The Morgan fingerprint density at radius 1 is 1.16 bits per heavy atom. The first-order chi connectivity index (χ1) is 11.9. The molecular formula is C15H15N3O7. The minimum absolute atomic E-state index is 0.0261. The number of hydrogen-bond acceptors (Lipinski definition) is 6. The minimum atomic E-state index is -1.27. The van der Waals surface area contributed by atoms with Crippen molar-refractivity contribution in [2.75, 3.05) is 4.90 Å². The molecule has 1 aromatic rings. The lowest BCUT2D eigenvalue weighted by atomic mass is 9.83. The Labute approximate surface area is 141 Å². The van der Waals surface area contributed by atoms with Crippen molar-refractivity contribution in [3.63, 3.8) is 0 Å². The number of non-ortho nitro benzene ring substituents is 2. The van der Waals surface area contributed by atoms with E-state index in [1.165, 1.54) is 0 Å². The van der Waals surface area contributed by atoms with Gasteiger partial charge in [-0.15, -0.1) is 0 Å². The Morgan fingerprint density at radius 3 is 2.36 bits per heavy atom. The molecule has 5 atom stereocenters. The lowest BCUT2D eigenvalue weighted by Gasteiger charge is -2.36. The summed E-state index contributed by atoms with van der Waals surface area (Å²) >= 11 is 0. The summed E-state index contributed by atoms with van der Waals surface area (Å²) in [5.74, 6) is 0.126. The second kappa shape index (κ2) is 5.38. The van der Waals surface area contributed by atoms with E-state index in [2.05, 4.69) is 0 Å². The summed E-state index contributed by atoms with van der Waals surface area (Å²) in [7, 11) is 0. The van der Waals surface area contributed by atoms with Crippen molar-refractivity contribution in [3.8, 4) is 0 Å². The van der Waals surface area contributed by atoms with Gasteiger partial charge < -0.3 is 9.84 Å². The van der Waals surface area contributed by atoms with E-state index in [1.54, 1.807) is 0 Å². The number of nitrogens with zero attached hydrogens (tertiary/aromatic N) is 3. The van der Waals surface area contributed by atoms with Crippen molar-refractivity contribution in [3.05, 3.63) is 38.4 Å². The molecule has 2 aliphatic carbocycles. The third kappa shape index (κ3) is 2.49. The Kier molecular flexibility index (Phi) is 3.39. The molecule has 132 valence electrons. The predicted molar refractivity (Wildman–Crippen MR) is 83.5 cm³/mol. The Hall–Kier alpha value is -2.75. The summed E-state index contributed by atoms with van der Waals surface area (Å²) in [4.78, 5) is 33.7. The number of benzene rings is 1. The van der Waals surface area contributed by atoms with Crippen LogP contribution in [0, 0.1) is 32.1 Å². The van der Waals surface area contributed by atoms with E-state index in [-0.39, 0.29) is 35.8 Å². The normalized spacial score (nSPS) is 31.9. The van der Waals surface area contributed by atoms with Crippen LogP contribution in [-0.2, 0) is 4.74 Å². The topological polar surface area (TPSA) is 139 Å². The molecule has 0 spiro atoms. The molecule has 3 aliphatic rings. The van der Waals surface area contributed by atoms with E-state index in [1.807, 2.05) is 0 Å². The molecule has 10 nitrogen and oxygen atoms in total. The standard InChI is InChI=1S/C15H15N3O7/c19-15(20)16(13-7-1-2-11(13)14-12(3-7)25-14)8-4-9(17(21)22)6-10(5-8)18(23)24/h4-7,11-14H,1-3H2,(H,19,20). The fraction of sp³-hybridized carbons (Fsp3) is 0.533. The molecule has 1 aliphatic heterocycles. The first-order valence-electron chi connectivity index (χ1n) is 7.98. The minimum Gasteiger partial charge on any atom is -0.465 e. The van der Waals surface area contributed by atoms with E-state index in [4.69, 9.17) is 4.74 Å². The van der Waals surface area contributed by atoms with Gasteiger partial charge in [0.1, 0.15) is 0 Å². The molecule has 25 heavy (non-hydrogen) atoms. The lowest BCUT2D eigenvalue weighted by Crippen LogP contribution is -2.49. The summed E-state index contributed by atoms with van der Waals surface area (Å²) in [6.07, 6.45) is 1.40. The highest BCUT2D eigenvalue weighted by molar-refractivity contribution is 5.88. The smallest absolute Gasteiger partial charge is 0.412 e. The SMILES string of the molecule is O=C(O)N(c1cc([N+](=O)[O-])cc([N+](=O)[O-])c1)C1C2CCC1C1OC1C2. The first-order valence-corrected chi connectivity index (χ1v) is 7.98. The summed E-state index contributed by atoms with van der Waals surface area (Å²) < 4.78 is 5.60. The molecule has 4 rings (SSSR count). The van der Waals surface area contributed by atoms with Crippen molar-refractivity contribution in [1.29, 1.82) is 0 Å². The molecule has 0 aromatic heterocycles. The highest BCUT2D eigenvalue weighted by Crippen LogP contribution is 2.54. The maximum atomic E-state index is 11.9. The number of epoxide rings is 1. The number of fused-ring (bicyclic) bond motifs is 4. The van der Waals surface area contributed by atoms with Crippen LogP contribution in [0.25, 0.3) is 0 Å². The molecule has 2 bridgehead atoms. The average Bonchev–Trinajstić information content (AvgIpc) is 3.24. The van der Waals surface area contributed by atoms with Gasteiger partial charge in [-0.3, -0.25) is 25.1 Å². The maximum Gasteiger partial charge on any atom is 0.412 e. The summed E-state index contributed by atoms with van der Waals surface area (Å²) in [5.41, 5.74) is -1.03. The molecule has 3 fully saturated rings.